The van der Waals surface area contributed by atoms with Crippen LogP contribution in [0.5, 0.6) is 0 Å². The highest BCUT2D eigenvalue weighted by atomic mass is 16.6. The van der Waals surface area contributed by atoms with Crippen LogP contribution in [-0.2, 0) is 9.53 Å². The van der Waals surface area contributed by atoms with Crippen molar-refractivity contribution in [1.82, 2.24) is 10.2 Å². The molecule has 166 valence electrons. The van der Waals surface area contributed by atoms with E-state index >= 15 is 0 Å². The zero-order valence-corrected chi connectivity index (χ0v) is 18.0. The largest absolute Gasteiger partial charge is 0.383 e. The highest BCUT2D eigenvalue weighted by Crippen LogP contribution is 2.31. The van der Waals surface area contributed by atoms with Gasteiger partial charge in [0.15, 0.2) is 0 Å². The van der Waals surface area contributed by atoms with E-state index in [-0.39, 0.29) is 17.2 Å². The smallest absolute Gasteiger partial charge is 0.293 e. The van der Waals surface area contributed by atoms with Crippen LogP contribution in [0.15, 0.2) is 18.2 Å². The molecule has 2 N–H and O–H groups in total. The number of nitro groups is 1. The zero-order chi connectivity index (χ0) is 22.1. The van der Waals surface area contributed by atoms with Crippen molar-refractivity contribution in [2.45, 2.75) is 51.5 Å². The van der Waals surface area contributed by atoms with Crippen LogP contribution in [0.2, 0.25) is 0 Å². The lowest BCUT2D eigenvalue weighted by molar-refractivity contribution is -0.384. The van der Waals surface area contributed by atoms with Crippen LogP contribution in [-0.4, -0.2) is 60.5 Å². The van der Waals surface area contributed by atoms with Crippen LogP contribution < -0.4 is 10.6 Å². The first kappa shape index (κ1) is 23.6. The molecule has 0 heterocycles. The average Bonchev–Trinajstić information content (AvgIpc) is 2.75. The summed E-state index contributed by atoms with van der Waals surface area (Å²) in [6.07, 6.45) is 3.89. The fraction of sp³-hybridized carbons (Fsp3) is 0.619. The van der Waals surface area contributed by atoms with Gasteiger partial charge in [-0.2, -0.15) is 0 Å². The Labute approximate surface area is 177 Å². The quantitative estimate of drug-likeness (QED) is 0.342. The Balaban J connectivity index is 2.27. The van der Waals surface area contributed by atoms with Crippen molar-refractivity contribution in [3.05, 3.63) is 33.9 Å². The van der Waals surface area contributed by atoms with E-state index in [9.17, 15) is 19.7 Å². The molecule has 0 radical (unpaired) electrons. The van der Waals surface area contributed by atoms with E-state index in [2.05, 4.69) is 10.6 Å². The zero-order valence-electron chi connectivity index (χ0n) is 18.0. The first-order valence-corrected chi connectivity index (χ1v) is 10.5. The number of rotatable bonds is 10. The molecule has 0 aliphatic heterocycles. The number of likely N-dealkylation sites (N-methyl/N-ethyl adjacent to an activating group) is 1. The van der Waals surface area contributed by atoms with Gasteiger partial charge in [-0.25, -0.2) is 0 Å². The lowest BCUT2D eigenvalue weighted by Crippen LogP contribution is -2.60. The number of nitro benzene ring substituents is 1. The number of anilines is 1. The standard InChI is InChI=1S/C21H32N4O5/c1-4-24(5-2)20(27)21(11-7-6-8-12-21)23-19(26)16-9-10-17(22-13-14-30-3)18(15-16)25(28)29/h9-10,15,22H,4-8,11-14H2,1-3H3,(H,23,26). The Bertz CT molecular complexity index is 758. The molecule has 1 aliphatic rings. The number of hydrogen-bond acceptors (Lipinski definition) is 6. The summed E-state index contributed by atoms with van der Waals surface area (Å²) in [4.78, 5) is 38.9. The van der Waals surface area contributed by atoms with Gasteiger partial charge in [0.25, 0.3) is 11.6 Å². The van der Waals surface area contributed by atoms with Crippen molar-refractivity contribution in [1.29, 1.82) is 0 Å². The van der Waals surface area contributed by atoms with E-state index < -0.39 is 16.4 Å². The van der Waals surface area contributed by atoms with Gasteiger partial charge >= 0.3 is 0 Å². The molecule has 2 amide bonds. The van der Waals surface area contributed by atoms with Gasteiger partial charge in [0, 0.05) is 38.4 Å². The van der Waals surface area contributed by atoms with Gasteiger partial charge in [0.05, 0.1) is 11.5 Å². The van der Waals surface area contributed by atoms with Gasteiger partial charge in [-0.15, -0.1) is 0 Å². The van der Waals surface area contributed by atoms with E-state index in [0.717, 1.165) is 19.3 Å². The summed E-state index contributed by atoms with van der Waals surface area (Å²) in [7, 11) is 1.55. The summed E-state index contributed by atoms with van der Waals surface area (Å²) in [5.41, 5.74) is -0.658. The predicted molar refractivity (Wildman–Crippen MR) is 115 cm³/mol. The Kier molecular flexibility index (Phi) is 8.58. The lowest BCUT2D eigenvalue weighted by Gasteiger charge is -2.40. The molecule has 9 heteroatoms. The van der Waals surface area contributed by atoms with Crippen LogP contribution in [0.25, 0.3) is 0 Å². The van der Waals surface area contributed by atoms with Crippen molar-refractivity contribution in [2.75, 3.05) is 38.7 Å². The predicted octanol–water partition coefficient (Wildman–Crippen LogP) is 2.95. The van der Waals surface area contributed by atoms with Gasteiger partial charge in [-0.3, -0.25) is 19.7 Å². The third kappa shape index (κ3) is 5.47. The van der Waals surface area contributed by atoms with E-state index in [1.807, 2.05) is 13.8 Å². The minimum Gasteiger partial charge on any atom is -0.383 e. The fourth-order valence-electron chi connectivity index (χ4n) is 3.91. The SMILES string of the molecule is CCN(CC)C(=O)C1(NC(=O)c2ccc(NCCOC)c([N+](=O)[O-])c2)CCCCC1. The minimum atomic E-state index is -0.953. The maximum absolute atomic E-state index is 13.2. The molecule has 0 bridgehead atoms. The Morgan fingerprint density at radius 1 is 1.20 bits per heavy atom. The number of ether oxygens (including phenoxy) is 1. The van der Waals surface area contributed by atoms with Crippen LogP contribution >= 0.6 is 0 Å². The second-order valence-corrected chi connectivity index (χ2v) is 7.48. The highest BCUT2D eigenvalue weighted by molar-refractivity contribution is 6.00. The van der Waals surface area contributed by atoms with Crippen molar-refractivity contribution in [3.8, 4) is 0 Å². The molecule has 1 fully saturated rings. The van der Waals surface area contributed by atoms with Gasteiger partial charge in [-0.1, -0.05) is 19.3 Å². The van der Waals surface area contributed by atoms with Gasteiger partial charge in [-0.05, 0) is 38.8 Å². The van der Waals surface area contributed by atoms with Gasteiger partial charge in [0.2, 0.25) is 5.91 Å². The summed E-state index contributed by atoms with van der Waals surface area (Å²) < 4.78 is 4.95. The summed E-state index contributed by atoms with van der Waals surface area (Å²) in [6.45, 7) is 5.77. The van der Waals surface area contributed by atoms with Crippen LogP contribution in [0, 0.1) is 10.1 Å². The summed E-state index contributed by atoms with van der Waals surface area (Å²) in [5.74, 6) is -0.545. The number of nitrogens with zero attached hydrogens (tertiary/aromatic N) is 2. The lowest BCUT2D eigenvalue weighted by atomic mass is 9.80. The third-order valence-electron chi connectivity index (χ3n) is 5.60. The topological polar surface area (TPSA) is 114 Å². The molecule has 1 aromatic carbocycles. The number of nitrogens with one attached hydrogen (secondary N) is 2. The van der Waals surface area contributed by atoms with Crippen LogP contribution in [0.4, 0.5) is 11.4 Å². The third-order valence-corrected chi connectivity index (χ3v) is 5.60. The Morgan fingerprint density at radius 3 is 2.43 bits per heavy atom. The summed E-state index contributed by atoms with van der Waals surface area (Å²) in [5, 5.41) is 17.4. The molecular formula is C21H32N4O5. The molecule has 0 unspecified atom stereocenters. The molecule has 1 saturated carbocycles. The first-order valence-electron chi connectivity index (χ1n) is 10.5. The monoisotopic (exact) mass is 420 g/mol. The molecule has 0 aromatic heterocycles. The van der Waals surface area contributed by atoms with Gasteiger partial charge < -0.3 is 20.3 Å². The van der Waals surface area contributed by atoms with Crippen LogP contribution in [0.3, 0.4) is 0 Å². The van der Waals surface area contributed by atoms with Crippen molar-refractivity contribution in [2.24, 2.45) is 0 Å². The summed E-state index contributed by atoms with van der Waals surface area (Å²) >= 11 is 0. The number of carbonyl (C=O) groups excluding carboxylic acids is 2. The van der Waals surface area contributed by atoms with E-state index in [4.69, 9.17) is 4.74 Å². The number of hydrogen-bond donors (Lipinski definition) is 2. The molecular weight excluding hydrogens is 388 g/mol. The van der Waals surface area contributed by atoms with Gasteiger partial charge in [0.1, 0.15) is 11.2 Å². The molecule has 30 heavy (non-hydrogen) atoms. The molecule has 0 spiro atoms. The fourth-order valence-corrected chi connectivity index (χ4v) is 3.91. The highest BCUT2D eigenvalue weighted by Gasteiger charge is 2.43. The van der Waals surface area contributed by atoms with Crippen LogP contribution in [0.1, 0.15) is 56.3 Å². The number of benzene rings is 1. The minimum absolute atomic E-state index is 0.0760. The molecule has 1 aliphatic carbocycles. The molecule has 1 aromatic rings. The van der Waals surface area contributed by atoms with Crippen molar-refractivity contribution in [3.63, 3.8) is 0 Å². The Hall–Kier alpha value is -2.68. The molecule has 9 nitrogen and oxygen atoms in total. The van der Waals surface area contributed by atoms with Crippen molar-refractivity contribution >= 4 is 23.2 Å². The average molecular weight is 421 g/mol. The summed E-state index contributed by atoms with van der Waals surface area (Å²) in [6, 6.07) is 4.31. The first-order chi connectivity index (χ1) is 14.4. The Morgan fingerprint density at radius 2 is 1.87 bits per heavy atom. The number of carbonyl (C=O) groups is 2. The second-order valence-electron chi connectivity index (χ2n) is 7.48. The van der Waals surface area contributed by atoms with E-state index in [1.54, 1.807) is 12.0 Å². The second kappa shape index (κ2) is 10.9. The molecule has 0 saturated heterocycles. The molecule has 2 rings (SSSR count). The molecule has 0 atom stereocenters. The number of methoxy groups -OCH3 is 1. The maximum atomic E-state index is 13.2. The maximum Gasteiger partial charge on any atom is 0.293 e. The normalized spacial score (nSPS) is 15.3. The van der Waals surface area contributed by atoms with E-state index in [1.165, 1.54) is 18.2 Å². The number of amides is 2. The van der Waals surface area contributed by atoms with Crippen molar-refractivity contribution < 1.29 is 19.2 Å². The van der Waals surface area contributed by atoms with E-state index in [0.29, 0.717) is 44.8 Å².